The third-order valence-electron chi connectivity index (χ3n) is 4.15. The van der Waals surface area contributed by atoms with Crippen LogP contribution in [0.25, 0.3) is 11.4 Å². The van der Waals surface area contributed by atoms with E-state index in [1.165, 1.54) is 11.8 Å². The number of carbonyl (C=O) groups is 1. The average Bonchev–Trinajstić information content (AvgIpc) is 3.27. The fourth-order valence-corrected chi connectivity index (χ4v) is 3.58. The Bertz CT molecular complexity index is 935. The van der Waals surface area contributed by atoms with Crippen LogP contribution in [0.1, 0.15) is 19.6 Å². The van der Waals surface area contributed by atoms with Gasteiger partial charge in [-0.25, -0.2) is 0 Å². The maximum atomic E-state index is 12.6. The number of carbonyl (C=O) groups excluding carboxylic acids is 1. The molecule has 1 amide bonds. The van der Waals surface area contributed by atoms with Crippen molar-refractivity contribution in [2.75, 3.05) is 12.4 Å². The highest BCUT2D eigenvalue weighted by Crippen LogP contribution is 2.30. The Morgan fingerprint density at radius 3 is 2.78 bits per heavy atom. The van der Waals surface area contributed by atoms with Gasteiger partial charge in [0.2, 0.25) is 5.91 Å². The van der Waals surface area contributed by atoms with Gasteiger partial charge in [0, 0.05) is 6.54 Å². The summed E-state index contributed by atoms with van der Waals surface area (Å²) < 4.78 is 12.6. The van der Waals surface area contributed by atoms with E-state index in [1.54, 1.807) is 19.4 Å². The zero-order valence-corrected chi connectivity index (χ0v) is 16.5. The van der Waals surface area contributed by atoms with Gasteiger partial charge in [0.25, 0.3) is 0 Å². The predicted molar refractivity (Wildman–Crippen MR) is 105 cm³/mol. The van der Waals surface area contributed by atoms with Crippen LogP contribution >= 0.6 is 11.8 Å². The molecule has 1 aromatic carbocycles. The molecule has 0 radical (unpaired) electrons. The highest BCUT2D eigenvalue weighted by atomic mass is 32.2. The number of para-hydroxylation sites is 2. The molecule has 0 spiro atoms. The number of nitrogens with one attached hydrogen (secondary N) is 1. The van der Waals surface area contributed by atoms with Crippen LogP contribution in [0.3, 0.4) is 0 Å². The molecule has 8 heteroatoms. The highest BCUT2D eigenvalue weighted by Gasteiger charge is 2.22. The zero-order chi connectivity index (χ0) is 19.4. The Morgan fingerprint density at radius 1 is 1.33 bits per heavy atom. The molecule has 2 aromatic heterocycles. The number of hydrogen-bond acceptors (Lipinski definition) is 6. The Labute approximate surface area is 162 Å². The molecular formula is C19H22N4O3S. The number of amides is 1. The molecule has 0 bridgehead atoms. The zero-order valence-electron chi connectivity index (χ0n) is 15.7. The molecule has 0 aliphatic heterocycles. The molecule has 0 aliphatic rings. The normalized spacial score (nSPS) is 12.0. The van der Waals surface area contributed by atoms with E-state index in [-0.39, 0.29) is 11.2 Å². The van der Waals surface area contributed by atoms with E-state index < -0.39 is 0 Å². The van der Waals surface area contributed by atoms with Gasteiger partial charge >= 0.3 is 0 Å². The summed E-state index contributed by atoms with van der Waals surface area (Å²) in [6, 6.07) is 9.19. The van der Waals surface area contributed by atoms with Crippen molar-refractivity contribution in [2.45, 2.75) is 37.7 Å². The highest BCUT2D eigenvalue weighted by molar-refractivity contribution is 8.00. The van der Waals surface area contributed by atoms with Gasteiger partial charge in [-0.05, 0) is 39.0 Å². The van der Waals surface area contributed by atoms with Crippen LogP contribution < -0.4 is 10.1 Å². The first-order chi connectivity index (χ1) is 13.0. The predicted octanol–water partition coefficient (Wildman–Crippen LogP) is 3.99. The Morgan fingerprint density at radius 2 is 2.11 bits per heavy atom. The monoisotopic (exact) mass is 386 g/mol. The second-order valence-corrected chi connectivity index (χ2v) is 7.20. The lowest BCUT2D eigenvalue weighted by Gasteiger charge is -2.14. The fraction of sp³-hybridized carbons (Fsp3) is 0.316. The number of aromatic nitrogens is 3. The molecular weight excluding hydrogens is 364 g/mol. The van der Waals surface area contributed by atoms with E-state index in [0.717, 1.165) is 17.1 Å². The summed E-state index contributed by atoms with van der Waals surface area (Å²) in [7, 11) is 1.58. The minimum absolute atomic E-state index is 0.129. The number of nitrogens with zero attached hydrogens (tertiary/aromatic N) is 3. The number of furan rings is 1. The van der Waals surface area contributed by atoms with E-state index in [1.807, 2.05) is 49.6 Å². The maximum absolute atomic E-state index is 12.6. The van der Waals surface area contributed by atoms with E-state index in [9.17, 15) is 4.79 Å². The van der Waals surface area contributed by atoms with E-state index in [2.05, 4.69) is 15.5 Å². The molecule has 0 unspecified atom stereocenters. The van der Waals surface area contributed by atoms with Crippen molar-refractivity contribution < 1.29 is 13.9 Å². The third kappa shape index (κ3) is 4.00. The quantitative estimate of drug-likeness (QED) is 0.618. The maximum Gasteiger partial charge on any atom is 0.237 e. The van der Waals surface area contributed by atoms with Gasteiger partial charge in [0.1, 0.15) is 11.5 Å². The first-order valence-electron chi connectivity index (χ1n) is 8.63. The van der Waals surface area contributed by atoms with Crippen molar-refractivity contribution in [2.24, 2.45) is 0 Å². The summed E-state index contributed by atoms with van der Waals surface area (Å²) >= 11 is 1.37. The molecule has 0 aliphatic carbocycles. The molecule has 3 aromatic rings. The van der Waals surface area contributed by atoms with Crippen molar-refractivity contribution in [3.63, 3.8) is 0 Å². The van der Waals surface area contributed by atoms with Gasteiger partial charge in [0.05, 0.1) is 29.9 Å². The first kappa shape index (κ1) is 19.0. The second-order valence-electron chi connectivity index (χ2n) is 5.89. The molecule has 1 N–H and O–H groups in total. The van der Waals surface area contributed by atoms with Crippen LogP contribution in [0, 0.1) is 6.92 Å². The number of hydrogen-bond donors (Lipinski definition) is 1. The lowest BCUT2D eigenvalue weighted by molar-refractivity contribution is -0.115. The van der Waals surface area contributed by atoms with Crippen LogP contribution in [0.5, 0.6) is 5.75 Å². The number of rotatable bonds is 7. The summed E-state index contributed by atoms with van der Waals surface area (Å²) in [6.45, 7) is 6.44. The Balaban J connectivity index is 1.76. The summed E-state index contributed by atoms with van der Waals surface area (Å²) in [4.78, 5) is 12.6. The summed E-state index contributed by atoms with van der Waals surface area (Å²) in [5.41, 5.74) is 1.55. The topological polar surface area (TPSA) is 82.2 Å². The first-order valence-corrected chi connectivity index (χ1v) is 9.51. The summed E-state index contributed by atoms with van der Waals surface area (Å²) in [5.74, 6) is 2.02. The lowest BCUT2D eigenvalue weighted by atomic mass is 10.2. The van der Waals surface area contributed by atoms with Crippen LogP contribution in [-0.2, 0) is 11.3 Å². The van der Waals surface area contributed by atoms with Crippen molar-refractivity contribution in [1.29, 1.82) is 0 Å². The van der Waals surface area contributed by atoms with Crippen LogP contribution in [0.15, 0.2) is 46.2 Å². The lowest BCUT2D eigenvalue weighted by Crippen LogP contribution is -2.23. The molecule has 142 valence electrons. The molecule has 27 heavy (non-hydrogen) atoms. The average molecular weight is 386 g/mol. The van der Waals surface area contributed by atoms with Gasteiger partial charge in [0.15, 0.2) is 11.0 Å². The minimum Gasteiger partial charge on any atom is -0.495 e. The molecule has 0 saturated heterocycles. The van der Waals surface area contributed by atoms with Crippen molar-refractivity contribution >= 4 is 23.4 Å². The molecule has 7 nitrogen and oxygen atoms in total. The SMILES string of the molecule is CCn1c(S[C@H](C)C(=O)Nc2ccccc2OC)nnc1-c1ccoc1C. The van der Waals surface area contributed by atoms with Gasteiger partial charge in [-0.3, -0.25) is 4.79 Å². The Kier molecular flexibility index (Phi) is 5.85. The van der Waals surface area contributed by atoms with E-state index in [4.69, 9.17) is 9.15 Å². The largest absolute Gasteiger partial charge is 0.495 e. The number of thioether (sulfide) groups is 1. The number of anilines is 1. The molecule has 3 rings (SSSR count). The molecule has 0 fully saturated rings. The van der Waals surface area contributed by atoms with Gasteiger partial charge in [-0.2, -0.15) is 0 Å². The molecule has 0 saturated carbocycles. The van der Waals surface area contributed by atoms with Crippen LogP contribution in [0.2, 0.25) is 0 Å². The van der Waals surface area contributed by atoms with E-state index >= 15 is 0 Å². The summed E-state index contributed by atoms with van der Waals surface area (Å²) in [5, 5.41) is 11.8. The number of ether oxygens (including phenoxy) is 1. The molecule has 2 heterocycles. The smallest absolute Gasteiger partial charge is 0.237 e. The number of benzene rings is 1. The number of aryl methyl sites for hydroxylation is 1. The second kappa shape index (κ2) is 8.30. The minimum atomic E-state index is -0.359. The van der Waals surface area contributed by atoms with Gasteiger partial charge in [-0.1, -0.05) is 23.9 Å². The molecule has 1 atom stereocenters. The summed E-state index contributed by atoms with van der Waals surface area (Å²) in [6.07, 6.45) is 1.63. The van der Waals surface area contributed by atoms with Gasteiger partial charge < -0.3 is 19.0 Å². The standard InChI is InChI=1S/C19H22N4O3S/c1-5-23-17(14-10-11-26-12(14)2)21-22-19(23)27-13(3)18(24)20-15-8-6-7-9-16(15)25-4/h6-11,13H,5H2,1-4H3,(H,20,24)/t13-/m1/s1. The van der Waals surface area contributed by atoms with Gasteiger partial charge in [-0.15, -0.1) is 10.2 Å². The van der Waals surface area contributed by atoms with Crippen molar-refractivity contribution in [1.82, 2.24) is 14.8 Å². The van der Waals surface area contributed by atoms with Crippen molar-refractivity contribution in [3.05, 3.63) is 42.4 Å². The third-order valence-corrected chi connectivity index (χ3v) is 5.23. The van der Waals surface area contributed by atoms with Crippen molar-refractivity contribution in [3.8, 4) is 17.1 Å². The number of methoxy groups -OCH3 is 1. The van der Waals surface area contributed by atoms with E-state index in [0.29, 0.717) is 23.1 Å². The fourth-order valence-electron chi connectivity index (χ4n) is 2.67. The Hall–Kier alpha value is -2.74. The van der Waals surface area contributed by atoms with Crippen LogP contribution in [-0.4, -0.2) is 33.0 Å². The van der Waals surface area contributed by atoms with Crippen LogP contribution in [0.4, 0.5) is 5.69 Å².